The van der Waals surface area contributed by atoms with Crippen LogP contribution >= 0.6 is 12.2 Å². The highest BCUT2D eigenvalue weighted by Gasteiger charge is 2.24. The van der Waals surface area contributed by atoms with Gasteiger partial charge in [0.1, 0.15) is 0 Å². The number of hydrogen-bond acceptors (Lipinski definition) is 2. The van der Waals surface area contributed by atoms with E-state index in [9.17, 15) is 0 Å². The molecule has 82 valence electrons. The first-order valence-electron chi connectivity index (χ1n) is 5.44. The van der Waals surface area contributed by atoms with Crippen molar-refractivity contribution in [2.24, 2.45) is 11.7 Å². The molecule has 1 atom stereocenters. The zero-order chi connectivity index (χ0) is 11.0. The third kappa shape index (κ3) is 1.91. The summed E-state index contributed by atoms with van der Waals surface area (Å²) >= 11 is 5.08. The van der Waals surface area contributed by atoms with Crippen LogP contribution < -0.4 is 5.73 Å². The van der Waals surface area contributed by atoms with Gasteiger partial charge in [0, 0.05) is 17.7 Å². The van der Waals surface area contributed by atoms with Crippen LogP contribution in [0.2, 0.25) is 0 Å². The number of aryl methyl sites for hydroxylation is 1. The average Bonchev–Trinajstić information content (AvgIpc) is 2.59. The van der Waals surface area contributed by atoms with Crippen molar-refractivity contribution in [1.29, 1.82) is 0 Å². The largest absolute Gasteiger partial charge is 0.393 e. The topological polar surface area (TPSA) is 43.8 Å². The summed E-state index contributed by atoms with van der Waals surface area (Å²) in [5.41, 5.74) is 8.42. The monoisotopic (exact) mass is 223 g/mol. The van der Waals surface area contributed by atoms with E-state index in [1.807, 2.05) is 6.20 Å². The smallest absolute Gasteiger partial charge is 0.0762 e. The van der Waals surface area contributed by atoms with Crippen molar-refractivity contribution in [2.75, 3.05) is 0 Å². The molecular weight excluding hydrogens is 206 g/mol. The molecule has 1 aliphatic rings. The summed E-state index contributed by atoms with van der Waals surface area (Å²) in [5, 5.41) is 4.42. The third-order valence-corrected chi connectivity index (χ3v) is 3.41. The molecule has 1 aliphatic carbocycles. The van der Waals surface area contributed by atoms with Crippen molar-refractivity contribution in [3.63, 3.8) is 0 Å². The van der Waals surface area contributed by atoms with Crippen molar-refractivity contribution in [3.05, 3.63) is 17.5 Å². The van der Waals surface area contributed by atoms with E-state index in [-0.39, 0.29) is 0 Å². The number of rotatable bonds is 2. The molecule has 0 saturated carbocycles. The Morgan fingerprint density at radius 2 is 2.40 bits per heavy atom. The quantitative estimate of drug-likeness (QED) is 0.778. The second kappa shape index (κ2) is 3.93. The number of aromatic nitrogens is 2. The molecule has 3 nitrogen and oxygen atoms in total. The molecule has 2 N–H and O–H groups in total. The number of hydrogen-bond donors (Lipinski definition) is 1. The summed E-state index contributed by atoms with van der Waals surface area (Å²) in [6, 6.07) is 0.416. The first-order valence-corrected chi connectivity index (χ1v) is 5.85. The molecule has 4 heteroatoms. The fourth-order valence-electron chi connectivity index (χ4n) is 2.21. The van der Waals surface area contributed by atoms with Gasteiger partial charge in [-0.05, 0) is 38.7 Å². The van der Waals surface area contributed by atoms with Gasteiger partial charge >= 0.3 is 0 Å². The third-order valence-electron chi connectivity index (χ3n) is 3.08. The number of nitrogens with two attached hydrogens (primary N) is 1. The summed E-state index contributed by atoms with van der Waals surface area (Å²) in [6.07, 6.45) is 5.09. The van der Waals surface area contributed by atoms with Gasteiger partial charge in [-0.25, -0.2) is 0 Å². The zero-order valence-corrected chi connectivity index (χ0v) is 10.0. The van der Waals surface area contributed by atoms with Gasteiger partial charge in [-0.1, -0.05) is 12.2 Å². The number of fused-ring (bicyclic) bond motifs is 1. The van der Waals surface area contributed by atoms with Crippen LogP contribution in [0.25, 0.3) is 0 Å². The normalized spacial score (nSPS) is 20.3. The first-order chi connectivity index (χ1) is 7.09. The van der Waals surface area contributed by atoms with Crippen LogP contribution in [-0.2, 0) is 12.8 Å². The highest BCUT2D eigenvalue weighted by atomic mass is 32.1. The summed E-state index contributed by atoms with van der Waals surface area (Å²) < 4.78 is 2.10. The van der Waals surface area contributed by atoms with E-state index in [0.29, 0.717) is 16.9 Å². The molecule has 0 aromatic carbocycles. The van der Waals surface area contributed by atoms with Gasteiger partial charge in [0.2, 0.25) is 0 Å². The fourth-order valence-corrected chi connectivity index (χ4v) is 2.41. The molecule has 2 rings (SSSR count). The summed E-state index contributed by atoms with van der Waals surface area (Å²) in [7, 11) is 0. The average molecular weight is 223 g/mol. The van der Waals surface area contributed by atoms with Gasteiger partial charge in [0.05, 0.1) is 11.2 Å². The highest BCUT2D eigenvalue weighted by molar-refractivity contribution is 7.80. The van der Waals surface area contributed by atoms with Gasteiger partial charge in [0.15, 0.2) is 0 Å². The van der Waals surface area contributed by atoms with E-state index in [2.05, 4.69) is 23.6 Å². The van der Waals surface area contributed by atoms with Crippen LogP contribution in [-0.4, -0.2) is 14.8 Å². The molecule has 0 amide bonds. The van der Waals surface area contributed by atoms with E-state index in [0.717, 1.165) is 19.3 Å². The van der Waals surface area contributed by atoms with Gasteiger partial charge < -0.3 is 5.73 Å². The molecule has 0 fully saturated rings. The second-order valence-corrected chi connectivity index (χ2v) is 4.97. The van der Waals surface area contributed by atoms with Crippen molar-refractivity contribution >= 4 is 17.2 Å². The Morgan fingerprint density at radius 1 is 1.67 bits per heavy atom. The van der Waals surface area contributed by atoms with Crippen molar-refractivity contribution in [2.45, 2.75) is 39.2 Å². The maximum atomic E-state index is 5.72. The maximum Gasteiger partial charge on any atom is 0.0762 e. The fraction of sp³-hybridized carbons (Fsp3) is 0.636. The van der Waals surface area contributed by atoms with Crippen LogP contribution in [0.4, 0.5) is 0 Å². The molecule has 0 spiro atoms. The SMILES string of the molecule is CC(C)n1ncc2c1C[C@H](C(N)=S)CC2. The van der Waals surface area contributed by atoms with Crippen LogP contribution in [0.1, 0.15) is 37.6 Å². The molecular formula is C11H17N3S. The minimum atomic E-state index is 0.363. The van der Waals surface area contributed by atoms with Crippen LogP contribution in [0.5, 0.6) is 0 Å². The summed E-state index contributed by atoms with van der Waals surface area (Å²) in [4.78, 5) is 0.650. The summed E-state index contributed by atoms with van der Waals surface area (Å²) in [5.74, 6) is 0.363. The van der Waals surface area contributed by atoms with Crippen LogP contribution in [0, 0.1) is 5.92 Å². The Bertz CT molecular complexity index is 381. The zero-order valence-electron chi connectivity index (χ0n) is 9.23. The van der Waals surface area contributed by atoms with Gasteiger partial charge in [0.25, 0.3) is 0 Å². The minimum absolute atomic E-state index is 0.363. The lowest BCUT2D eigenvalue weighted by molar-refractivity contribution is 0.476. The first kappa shape index (κ1) is 10.6. The van der Waals surface area contributed by atoms with E-state index < -0.39 is 0 Å². The lowest BCUT2D eigenvalue weighted by Crippen LogP contribution is -2.28. The Hall–Kier alpha value is -0.900. The Balaban J connectivity index is 2.30. The molecule has 0 unspecified atom stereocenters. The van der Waals surface area contributed by atoms with E-state index in [1.165, 1.54) is 11.3 Å². The second-order valence-electron chi connectivity index (χ2n) is 4.50. The molecule has 0 saturated heterocycles. The van der Waals surface area contributed by atoms with Crippen LogP contribution in [0.15, 0.2) is 6.20 Å². The molecule has 1 aromatic rings. The predicted octanol–water partition coefficient (Wildman–Crippen LogP) is 1.85. The standard InChI is InChI=1S/C11H17N3S/c1-7(2)14-10-5-8(11(12)15)3-4-9(10)6-13-14/h6-8H,3-5H2,1-2H3,(H2,12,15)/t8-/m1/s1. The molecule has 0 bridgehead atoms. The molecule has 15 heavy (non-hydrogen) atoms. The lowest BCUT2D eigenvalue weighted by atomic mass is 9.88. The number of thiocarbonyl (C=S) groups is 1. The van der Waals surface area contributed by atoms with Crippen molar-refractivity contribution in [1.82, 2.24) is 9.78 Å². The Morgan fingerprint density at radius 3 is 3.00 bits per heavy atom. The van der Waals surface area contributed by atoms with Crippen molar-refractivity contribution < 1.29 is 0 Å². The summed E-state index contributed by atoms with van der Waals surface area (Å²) in [6.45, 7) is 4.30. The lowest BCUT2D eigenvalue weighted by Gasteiger charge is -2.23. The van der Waals surface area contributed by atoms with Gasteiger partial charge in [-0.2, -0.15) is 5.10 Å². The number of nitrogens with zero attached hydrogens (tertiary/aromatic N) is 2. The van der Waals surface area contributed by atoms with E-state index in [1.54, 1.807) is 0 Å². The van der Waals surface area contributed by atoms with E-state index in [4.69, 9.17) is 18.0 Å². The van der Waals surface area contributed by atoms with Gasteiger partial charge in [-0.3, -0.25) is 4.68 Å². The van der Waals surface area contributed by atoms with Gasteiger partial charge in [-0.15, -0.1) is 0 Å². The Labute approximate surface area is 95.7 Å². The van der Waals surface area contributed by atoms with E-state index >= 15 is 0 Å². The highest BCUT2D eigenvalue weighted by Crippen LogP contribution is 2.27. The predicted molar refractivity (Wildman–Crippen MR) is 64.9 cm³/mol. The Kier molecular flexibility index (Phi) is 2.78. The molecule has 1 heterocycles. The maximum absolute atomic E-state index is 5.72. The molecule has 0 radical (unpaired) electrons. The van der Waals surface area contributed by atoms with Crippen LogP contribution in [0.3, 0.4) is 0 Å². The molecule has 0 aliphatic heterocycles. The van der Waals surface area contributed by atoms with Crippen molar-refractivity contribution in [3.8, 4) is 0 Å². The minimum Gasteiger partial charge on any atom is -0.393 e. The molecule has 1 aromatic heterocycles.